The Hall–Kier alpha value is -2.81. The molecule has 0 aliphatic carbocycles. The molecule has 0 aliphatic heterocycles. The summed E-state index contributed by atoms with van der Waals surface area (Å²) < 4.78 is 5.12. The summed E-state index contributed by atoms with van der Waals surface area (Å²) in [5.41, 5.74) is 4.93. The van der Waals surface area contributed by atoms with E-state index < -0.39 is 0 Å². The largest absolute Gasteiger partial charge is 0.461 e. The van der Waals surface area contributed by atoms with Crippen molar-refractivity contribution in [3.63, 3.8) is 0 Å². The van der Waals surface area contributed by atoms with Crippen LogP contribution in [0.25, 0.3) is 5.76 Å². The molecule has 1 aromatic heterocycles. The number of allylic oxidation sites excluding steroid dienone is 1. The highest BCUT2D eigenvalue weighted by atomic mass is 16.6. The highest BCUT2D eigenvalue weighted by Crippen LogP contribution is 2.16. The number of hydrazine groups is 1. The lowest BCUT2D eigenvalue weighted by Crippen LogP contribution is -2.33. The highest BCUT2D eigenvalue weighted by molar-refractivity contribution is 5.54. The first-order chi connectivity index (χ1) is 10.7. The Bertz CT molecular complexity index is 458. The first-order valence-corrected chi connectivity index (χ1v) is 6.50. The van der Waals surface area contributed by atoms with E-state index in [0.29, 0.717) is 31.0 Å². The van der Waals surface area contributed by atoms with E-state index >= 15 is 0 Å². The zero-order chi connectivity index (χ0) is 16.6. The average molecular weight is 310 g/mol. The van der Waals surface area contributed by atoms with Crippen LogP contribution in [0.15, 0.2) is 39.1 Å². The molecule has 0 saturated carbocycles. The molecule has 0 aromatic carbocycles. The van der Waals surface area contributed by atoms with Crippen LogP contribution in [0.1, 0.15) is 19.1 Å². The number of nitrogens with two attached hydrogens (primary N) is 2. The lowest BCUT2D eigenvalue weighted by atomic mass is 10.3. The maximum absolute atomic E-state index is 9.71. The van der Waals surface area contributed by atoms with Gasteiger partial charge >= 0.3 is 0 Å². The molecule has 9 nitrogen and oxygen atoms in total. The molecular formula is C13H22N6O3. The van der Waals surface area contributed by atoms with E-state index in [1.807, 2.05) is 19.1 Å². The Kier molecular flexibility index (Phi) is 11.5. The van der Waals surface area contributed by atoms with Crippen LogP contribution in [-0.4, -0.2) is 37.7 Å². The van der Waals surface area contributed by atoms with Crippen LogP contribution in [0.4, 0.5) is 0 Å². The van der Waals surface area contributed by atoms with Gasteiger partial charge in [-0.3, -0.25) is 4.79 Å². The molecule has 9 heteroatoms. The summed E-state index contributed by atoms with van der Waals surface area (Å²) in [7, 11) is 0. The molecule has 0 fully saturated rings. The van der Waals surface area contributed by atoms with Crippen LogP contribution in [0, 0.1) is 0 Å². The van der Waals surface area contributed by atoms with Crippen LogP contribution in [0.2, 0.25) is 0 Å². The first-order valence-electron chi connectivity index (χ1n) is 6.50. The Labute approximate surface area is 129 Å². The number of carbonyl (C=O) groups excluding carboxylic acids is 1. The van der Waals surface area contributed by atoms with Crippen LogP contribution >= 0.6 is 0 Å². The maximum atomic E-state index is 9.71. The molecule has 0 unspecified atom stereocenters. The molecule has 1 heterocycles. The van der Waals surface area contributed by atoms with Gasteiger partial charge in [-0.15, -0.1) is 0 Å². The van der Waals surface area contributed by atoms with Gasteiger partial charge in [0.05, 0.1) is 12.8 Å². The van der Waals surface area contributed by atoms with Gasteiger partial charge in [-0.05, 0) is 24.6 Å². The van der Waals surface area contributed by atoms with E-state index in [1.165, 1.54) is 0 Å². The van der Waals surface area contributed by atoms with Crippen molar-refractivity contribution < 1.29 is 14.0 Å². The van der Waals surface area contributed by atoms with Gasteiger partial charge in [-0.2, -0.15) is 5.10 Å². The number of rotatable bonds is 9. The van der Waals surface area contributed by atoms with E-state index in [1.54, 1.807) is 12.3 Å². The Balaban J connectivity index is 0.000000409. The monoisotopic (exact) mass is 310 g/mol. The fraction of sp³-hybridized carbons (Fsp3) is 0.308. The van der Waals surface area contributed by atoms with E-state index in [-0.39, 0.29) is 0 Å². The van der Waals surface area contributed by atoms with Crippen LogP contribution in [-0.2, 0) is 9.63 Å². The van der Waals surface area contributed by atoms with Gasteiger partial charge in [0.15, 0.2) is 11.5 Å². The Morgan fingerprint density at radius 1 is 1.64 bits per heavy atom. The number of oxime groups is 1. The second-order valence-electron chi connectivity index (χ2n) is 3.67. The molecule has 0 spiro atoms. The van der Waals surface area contributed by atoms with Gasteiger partial charge in [0.25, 0.3) is 0 Å². The number of amides is 1. The Morgan fingerprint density at radius 2 is 2.41 bits per heavy atom. The van der Waals surface area contributed by atoms with Crippen molar-refractivity contribution >= 4 is 25.2 Å². The molecule has 0 saturated heterocycles. The highest BCUT2D eigenvalue weighted by Gasteiger charge is 2.03. The fourth-order valence-electron chi connectivity index (χ4n) is 1.24. The fourth-order valence-corrected chi connectivity index (χ4v) is 1.24. The van der Waals surface area contributed by atoms with Crippen molar-refractivity contribution in [2.24, 2.45) is 21.8 Å². The molecular weight excluding hydrogens is 288 g/mol. The molecule has 1 rings (SSSR count). The topological polar surface area (TPSA) is 131 Å². The minimum Gasteiger partial charge on any atom is -0.461 e. The summed E-state index contributed by atoms with van der Waals surface area (Å²) in [4.78, 5) is 14.6. The SMILES string of the molecule is C=NO/C(=C\CC)c1ccco1.N/C=N\N(N)CCNC=O. The normalized spacial score (nSPS) is 10.5. The van der Waals surface area contributed by atoms with Crippen LogP contribution in [0.5, 0.6) is 0 Å². The van der Waals surface area contributed by atoms with E-state index in [4.69, 9.17) is 20.8 Å². The van der Waals surface area contributed by atoms with Gasteiger partial charge < -0.3 is 20.3 Å². The number of furan rings is 1. The van der Waals surface area contributed by atoms with Crippen molar-refractivity contribution in [2.45, 2.75) is 13.3 Å². The van der Waals surface area contributed by atoms with Crippen molar-refractivity contribution in [1.82, 2.24) is 10.4 Å². The van der Waals surface area contributed by atoms with Crippen molar-refractivity contribution in [2.75, 3.05) is 13.1 Å². The van der Waals surface area contributed by atoms with Crippen LogP contribution in [0.3, 0.4) is 0 Å². The molecule has 0 aliphatic rings. The number of hydrogen-bond donors (Lipinski definition) is 3. The van der Waals surface area contributed by atoms with Gasteiger partial charge in [-0.25, -0.2) is 11.0 Å². The molecule has 1 aromatic rings. The van der Waals surface area contributed by atoms with Crippen molar-refractivity contribution in [3.8, 4) is 0 Å². The summed E-state index contributed by atoms with van der Waals surface area (Å²) in [6.07, 6.45) is 6.02. The van der Waals surface area contributed by atoms with Crippen LogP contribution < -0.4 is 16.9 Å². The maximum Gasteiger partial charge on any atom is 0.207 e. The predicted octanol–water partition coefficient (Wildman–Crippen LogP) is 0.473. The summed E-state index contributed by atoms with van der Waals surface area (Å²) >= 11 is 0. The number of nitrogens with zero attached hydrogens (tertiary/aromatic N) is 3. The lowest BCUT2D eigenvalue weighted by molar-refractivity contribution is -0.109. The van der Waals surface area contributed by atoms with E-state index in [0.717, 1.165) is 17.9 Å². The summed E-state index contributed by atoms with van der Waals surface area (Å²) in [5.74, 6) is 6.50. The zero-order valence-electron chi connectivity index (χ0n) is 12.5. The summed E-state index contributed by atoms with van der Waals surface area (Å²) in [6.45, 7) is 6.14. The number of carbonyl (C=O) groups is 1. The third-order valence-electron chi connectivity index (χ3n) is 2.10. The molecule has 122 valence electrons. The smallest absolute Gasteiger partial charge is 0.207 e. The van der Waals surface area contributed by atoms with E-state index in [2.05, 4.69) is 22.3 Å². The second-order valence-corrected chi connectivity index (χ2v) is 3.67. The average Bonchev–Trinajstić information content (AvgIpc) is 3.02. The second kappa shape index (κ2) is 13.2. The molecule has 0 bridgehead atoms. The molecule has 5 N–H and O–H groups in total. The Morgan fingerprint density at radius 3 is 2.91 bits per heavy atom. The molecule has 22 heavy (non-hydrogen) atoms. The third kappa shape index (κ3) is 9.15. The van der Waals surface area contributed by atoms with Gasteiger partial charge in [0, 0.05) is 13.3 Å². The summed E-state index contributed by atoms with van der Waals surface area (Å²) in [5, 5.41) is 10.4. The van der Waals surface area contributed by atoms with E-state index in [9.17, 15) is 4.79 Å². The molecule has 0 atom stereocenters. The number of nitrogens with one attached hydrogen (secondary N) is 1. The summed E-state index contributed by atoms with van der Waals surface area (Å²) in [6, 6.07) is 3.61. The zero-order valence-corrected chi connectivity index (χ0v) is 12.5. The molecule has 1 amide bonds. The standard InChI is InChI=1S/C9H11NO2.C4H11N5O/c1-3-5-9(12-10-2)8-6-4-7-11-8;5-3-8-9(6)2-1-7-4-10/h4-7H,2-3H2,1H3;3-4H,1-2,6H2,(H2,5,8)(H,7,10)/b9-5-;. The van der Waals surface area contributed by atoms with Crippen molar-refractivity contribution in [3.05, 3.63) is 30.2 Å². The van der Waals surface area contributed by atoms with Gasteiger partial charge in [0.2, 0.25) is 6.41 Å². The van der Waals surface area contributed by atoms with Gasteiger partial charge in [0.1, 0.15) is 6.34 Å². The molecule has 0 radical (unpaired) electrons. The minimum absolute atomic E-state index is 0.437. The quantitative estimate of drug-likeness (QED) is 0.116. The lowest BCUT2D eigenvalue weighted by Gasteiger charge is -2.09. The number of hydrogen-bond acceptors (Lipinski definition) is 7. The first kappa shape index (κ1) is 19.2. The number of hydrazone groups is 1. The minimum atomic E-state index is 0.437. The predicted molar refractivity (Wildman–Crippen MR) is 85.2 cm³/mol. The van der Waals surface area contributed by atoms with Gasteiger partial charge in [-0.1, -0.05) is 12.1 Å². The van der Waals surface area contributed by atoms with Crippen molar-refractivity contribution in [1.29, 1.82) is 0 Å². The third-order valence-corrected chi connectivity index (χ3v) is 2.10.